The molecule has 0 unspecified atom stereocenters. The van der Waals surface area contributed by atoms with Crippen LogP contribution in [0, 0.1) is 0 Å². The fourth-order valence-corrected chi connectivity index (χ4v) is 3.67. The number of benzene rings is 2. The topological polar surface area (TPSA) is 64.3 Å². The summed E-state index contributed by atoms with van der Waals surface area (Å²) in [6, 6.07) is 14.4. The van der Waals surface area contributed by atoms with E-state index in [9.17, 15) is 14.4 Å². The second-order valence-corrected chi connectivity index (χ2v) is 7.10. The van der Waals surface area contributed by atoms with E-state index in [1.54, 1.807) is 29.2 Å². The number of nitrogens with zero attached hydrogens (tertiary/aromatic N) is 3. The Kier molecular flexibility index (Phi) is 4.88. The fourth-order valence-electron chi connectivity index (χ4n) is 3.49. The molecule has 1 amide bonds. The van der Waals surface area contributed by atoms with Crippen molar-refractivity contribution in [1.82, 2.24) is 9.13 Å². The maximum absolute atomic E-state index is 12.8. The van der Waals surface area contributed by atoms with Crippen LogP contribution in [0.25, 0.3) is 5.69 Å². The molecular weight excluding hydrogens is 378 g/mol. The third kappa shape index (κ3) is 3.39. The van der Waals surface area contributed by atoms with Gasteiger partial charge in [-0.15, -0.1) is 0 Å². The Hall–Kier alpha value is -3.12. The minimum Gasteiger partial charge on any atom is -0.311 e. The van der Waals surface area contributed by atoms with Crippen LogP contribution < -0.4 is 16.0 Å². The van der Waals surface area contributed by atoms with Crippen LogP contribution in [0.15, 0.2) is 70.5 Å². The normalized spacial score (nSPS) is 13.2. The lowest BCUT2D eigenvalue weighted by atomic mass is 10.0. The van der Waals surface area contributed by atoms with Crippen molar-refractivity contribution in [2.24, 2.45) is 0 Å². The first-order chi connectivity index (χ1) is 13.5. The van der Waals surface area contributed by atoms with Crippen molar-refractivity contribution in [3.63, 3.8) is 0 Å². The highest BCUT2D eigenvalue weighted by Gasteiger charge is 2.22. The number of carbonyl (C=O) groups is 1. The van der Waals surface area contributed by atoms with Crippen LogP contribution in [-0.4, -0.2) is 21.6 Å². The van der Waals surface area contributed by atoms with Crippen molar-refractivity contribution in [3.05, 3.63) is 92.2 Å². The number of hydrogen-bond donors (Lipinski definition) is 0. The Bertz CT molecular complexity index is 1170. The van der Waals surface area contributed by atoms with Crippen molar-refractivity contribution in [1.29, 1.82) is 0 Å². The van der Waals surface area contributed by atoms with Gasteiger partial charge in [0.15, 0.2) is 0 Å². The van der Waals surface area contributed by atoms with Gasteiger partial charge in [0, 0.05) is 29.6 Å². The predicted octanol–water partition coefficient (Wildman–Crippen LogP) is 2.63. The molecule has 0 spiro atoms. The standard InChI is InChI=1S/C21H18ClN3O3/c22-16-7-3-8-17(13-16)24-12-11-23(20(27)21(24)28)14-19(26)25-10-4-6-15-5-1-2-9-18(15)25/h1-3,5,7-9,11-13H,4,6,10,14H2. The largest absolute Gasteiger partial charge is 0.320 e. The van der Waals surface area contributed by atoms with Crippen molar-refractivity contribution >= 4 is 23.2 Å². The number of halogens is 1. The second kappa shape index (κ2) is 7.48. The number of hydrogen-bond acceptors (Lipinski definition) is 3. The highest BCUT2D eigenvalue weighted by molar-refractivity contribution is 6.30. The lowest BCUT2D eigenvalue weighted by Gasteiger charge is -2.29. The lowest BCUT2D eigenvalue weighted by molar-refractivity contribution is -0.119. The monoisotopic (exact) mass is 395 g/mol. The molecule has 0 radical (unpaired) electrons. The Morgan fingerprint density at radius 3 is 2.64 bits per heavy atom. The smallest absolute Gasteiger partial charge is 0.311 e. The van der Waals surface area contributed by atoms with Crippen molar-refractivity contribution < 1.29 is 4.79 Å². The molecule has 0 fully saturated rings. The Morgan fingerprint density at radius 2 is 1.82 bits per heavy atom. The first-order valence-corrected chi connectivity index (χ1v) is 9.39. The number of fused-ring (bicyclic) bond motifs is 1. The average molecular weight is 396 g/mol. The molecule has 0 atom stereocenters. The zero-order valence-corrected chi connectivity index (χ0v) is 15.8. The molecule has 2 heterocycles. The second-order valence-electron chi connectivity index (χ2n) is 6.66. The predicted molar refractivity (Wildman–Crippen MR) is 108 cm³/mol. The summed E-state index contributed by atoms with van der Waals surface area (Å²) in [6.07, 6.45) is 4.73. The SMILES string of the molecule is O=C(Cn1ccn(-c2cccc(Cl)c2)c(=O)c1=O)N1CCCc2ccccc21. The molecular formula is C21H18ClN3O3. The van der Waals surface area contributed by atoms with Gasteiger partial charge in [-0.2, -0.15) is 0 Å². The summed E-state index contributed by atoms with van der Waals surface area (Å²) in [5.41, 5.74) is 1.01. The average Bonchev–Trinajstić information content (AvgIpc) is 2.71. The highest BCUT2D eigenvalue weighted by atomic mass is 35.5. The molecule has 0 bridgehead atoms. The summed E-state index contributed by atoms with van der Waals surface area (Å²) in [7, 11) is 0. The van der Waals surface area contributed by atoms with Gasteiger partial charge in [0.25, 0.3) is 0 Å². The number of carbonyl (C=O) groups excluding carboxylic acids is 1. The van der Waals surface area contributed by atoms with Gasteiger partial charge in [0.2, 0.25) is 5.91 Å². The van der Waals surface area contributed by atoms with Crippen molar-refractivity contribution in [2.45, 2.75) is 19.4 Å². The van der Waals surface area contributed by atoms with Gasteiger partial charge in [0.1, 0.15) is 6.54 Å². The van der Waals surface area contributed by atoms with Gasteiger partial charge >= 0.3 is 11.1 Å². The van der Waals surface area contributed by atoms with Gasteiger partial charge in [-0.3, -0.25) is 23.5 Å². The molecule has 0 N–H and O–H groups in total. The highest BCUT2D eigenvalue weighted by Crippen LogP contribution is 2.26. The van der Waals surface area contributed by atoms with E-state index in [0.717, 1.165) is 28.7 Å². The van der Waals surface area contributed by atoms with E-state index in [1.165, 1.54) is 17.0 Å². The maximum Gasteiger partial charge on any atom is 0.320 e. The van der Waals surface area contributed by atoms with E-state index in [1.807, 2.05) is 24.3 Å². The van der Waals surface area contributed by atoms with E-state index in [4.69, 9.17) is 11.6 Å². The van der Waals surface area contributed by atoms with Crippen LogP contribution in [0.2, 0.25) is 5.02 Å². The number of rotatable bonds is 3. The van der Waals surface area contributed by atoms with Gasteiger partial charge in [-0.1, -0.05) is 35.9 Å². The molecule has 4 rings (SSSR count). The van der Waals surface area contributed by atoms with E-state index in [0.29, 0.717) is 17.3 Å². The maximum atomic E-state index is 12.8. The number of amides is 1. The fraction of sp³-hybridized carbons (Fsp3) is 0.190. The van der Waals surface area contributed by atoms with E-state index >= 15 is 0 Å². The molecule has 6 nitrogen and oxygen atoms in total. The van der Waals surface area contributed by atoms with E-state index in [-0.39, 0.29) is 12.5 Å². The molecule has 2 aromatic carbocycles. The van der Waals surface area contributed by atoms with Crippen LogP contribution in [0.4, 0.5) is 5.69 Å². The minimum atomic E-state index is -0.749. The summed E-state index contributed by atoms with van der Waals surface area (Å²) < 4.78 is 2.38. The van der Waals surface area contributed by atoms with Crippen LogP contribution in [0.1, 0.15) is 12.0 Å². The molecule has 0 aliphatic carbocycles. The summed E-state index contributed by atoms with van der Waals surface area (Å²) in [5.74, 6) is -0.214. The quantitative estimate of drug-likeness (QED) is 0.640. The van der Waals surface area contributed by atoms with Crippen molar-refractivity contribution in [3.8, 4) is 5.69 Å². The third-order valence-corrected chi connectivity index (χ3v) is 5.10. The Balaban J connectivity index is 1.63. The molecule has 142 valence electrons. The first-order valence-electron chi connectivity index (χ1n) is 9.01. The number of aryl methyl sites for hydroxylation is 1. The number of aromatic nitrogens is 2. The zero-order valence-electron chi connectivity index (χ0n) is 15.0. The molecule has 1 aliphatic rings. The number of para-hydroxylation sites is 1. The summed E-state index contributed by atoms with van der Waals surface area (Å²) in [6.45, 7) is 0.420. The molecule has 1 aliphatic heterocycles. The molecule has 0 saturated carbocycles. The van der Waals surface area contributed by atoms with Crippen molar-refractivity contribution in [2.75, 3.05) is 11.4 Å². The van der Waals surface area contributed by atoms with Crippen LogP contribution >= 0.6 is 11.6 Å². The van der Waals surface area contributed by atoms with Crippen LogP contribution in [0.5, 0.6) is 0 Å². The van der Waals surface area contributed by atoms with Crippen LogP contribution in [-0.2, 0) is 17.8 Å². The first kappa shape index (κ1) is 18.3. The van der Waals surface area contributed by atoms with Gasteiger partial charge in [-0.05, 0) is 42.7 Å². The minimum absolute atomic E-state index is 0.182. The molecule has 28 heavy (non-hydrogen) atoms. The van der Waals surface area contributed by atoms with Gasteiger partial charge < -0.3 is 4.90 Å². The van der Waals surface area contributed by atoms with E-state index < -0.39 is 11.1 Å². The zero-order chi connectivity index (χ0) is 19.7. The number of anilines is 1. The summed E-state index contributed by atoms with van der Waals surface area (Å²) in [4.78, 5) is 39.6. The molecule has 0 saturated heterocycles. The summed E-state index contributed by atoms with van der Waals surface area (Å²) >= 11 is 5.97. The Labute approximate surface area is 166 Å². The molecule has 1 aromatic heterocycles. The lowest BCUT2D eigenvalue weighted by Crippen LogP contribution is -2.44. The Morgan fingerprint density at radius 1 is 1.00 bits per heavy atom. The third-order valence-electron chi connectivity index (χ3n) is 4.86. The van der Waals surface area contributed by atoms with Gasteiger partial charge in [-0.25, -0.2) is 0 Å². The van der Waals surface area contributed by atoms with Gasteiger partial charge in [0.05, 0.1) is 5.69 Å². The van der Waals surface area contributed by atoms with Crippen LogP contribution in [0.3, 0.4) is 0 Å². The molecule has 3 aromatic rings. The van der Waals surface area contributed by atoms with E-state index in [2.05, 4.69) is 0 Å². The molecule has 7 heteroatoms. The summed E-state index contributed by atoms with van der Waals surface area (Å²) in [5, 5.41) is 0.465.